The van der Waals surface area contributed by atoms with Gasteiger partial charge in [0.1, 0.15) is 12.3 Å². The van der Waals surface area contributed by atoms with Crippen LogP contribution in [0.4, 0.5) is 0 Å². The lowest BCUT2D eigenvalue weighted by molar-refractivity contribution is -0.903. The van der Waals surface area contributed by atoms with Crippen molar-refractivity contribution in [2.75, 3.05) is 20.6 Å². The van der Waals surface area contributed by atoms with Crippen LogP contribution >= 0.6 is 0 Å². The van der Waals surface area contributed by atoms with E-state index in [2.05, 4.69) is 70.4 Å². The number of benzene rings is 2. The number of nitrogens with zero attached hydrogens (tertiary/aromatic N) is 1. The van der Waals surface area contributed by atoms with Crippen molar-refractivity contribution in [1.29, 1.82) is 0 Å². The number of rotatable bonds is 22. The number of carbonyl (C=O) groups excluding carboxylic acids is 1. The van der Waals surface area contributed by atoms with E-state index in [1.807, 2.05) is 12.1 Å². The standard InChI is InChI=1S/C35H56NO3/c1-5-7-8-9-10-11-12-13-14-16-22-31-25-19-26-33(29-31)38-35(21-6-2)39-34(37)27-20-28-36(3,4)30-32-23-17-15-18-24-32/h15,17-19,23-26,29,35H,5-14,16,20-22,27-28,30H2,1-4H3/q+1. The molecule has 0 saturated heterocycles. The van der Waals surface area contributed by atoms with E-state index in [9.17, 15) is 4.79 Å². The Hall–Kier alpha value is -2.33. The lowest BCUT2D eigenvalue weighted by atomic mass is 10.0. The SMILES string of the molecule is CCCCCCCCCCCCc1cccc(OC(CCC)OC(=O)CCC[N+](C)(C)Cc2ccccc2)c1. The molecular formula is C35H56NO3+. The van der Waals surface area contributed by atoms with E-state index in [4.69, 9.17) is 9.47 Å². The first kappa shape index (κ1) is 32.9. The van der Waals surface area contributed by atoms with E-state index in [1.165, 1.54) is 75.3 Å². The number of carbonyl (C=O) groups is 1. The lowest BCUT2D eigenvalue weighted by Gasteiger charge is -2.30. The Morgan fingerprint density at radius 3 is 2.05 bits per heavy atom. The smallest absolute Gasteiger partial charge is 0.309 e. The summed E-state index contributed by atoms with van der Waals surface area (Å²) in [7, 11) is 4.42. The van der Waals surface area contributed by atoms with E-state index < -0.39 is 6.29 Å². The summed E-state index contributed by atoms with van der Waals surface area (Å²) in [6.45, 7) is 6.24. The maximum Gasteiger partial charge on any atom is 0.309 e. The van der Waals surface area contributed by atoms with Crippen LogP contribution in [0.3, 0.4) is 0 Å². The Morgan fingerprint density at radius 2 is 1.38 bits per heavy atom. The minimum absolute atomic E-state index is 0.172. The molecule has 0 aliphatic heterocycles. The van der Waals surface area contributed by atoms with E-state index in [0.29, 0.717) is 12.8 Å². The highest BCUT2D eigenvalue weighted by molar-refractivity contribution is 5.69. The number of quaternary nitrogens is 1. The fourth-order valence-corrected chi connectivity index (χ4v) is 5.13. The van der Waals surface area contributed by atoms with Gasteiger partial charge in [0.05, 0.1) is 27.1 Å². The van der Waals surface area contributed by atoms with Crippen molar-refractivity contribution < 1.29 is 18.8 Å². The summed E-state index contributed by atoms with van der Waals surface area (Å²) < 4.78 is 12.8. The van der Waals surface area contributed by atoms with Crippen LogP contribution < -0.4 is 4.74 Å². The van der Waals surface area contributed by atoms with Crippen LogP contribution in [0, 0.1) is 0 Å². The number of ether oxygens (including phenoxy) is 2. The van der Waals surface area contributed by atoms with E-state index in [0.717, 1.165) is 42.6 Å². The minimum Gasteiger partial charge on any atom is -0.455 e. The molecule has 0 amide bonds. The molecule has 2 aromatic rings. The molecule has 1 atom stereocenters. The summed E-state index contributed by atoms with van der Waals surface area (Å²) in [6, 6.07) is 18.8. The zero-order valence-corrected chi connectivity index (χ0v) is 25.5. The molecule has 4 nitrogen and oxygen atoms in total. The van der Waals surface area contributed by atoms with Crippen molar-refractivity contribution in [1.82, 2.24) is 0 Å². The van der Waals surface area contributed by atoms with Gasteiger partial charge in [-0.3, -0.25) is 4.79 Å². The van der Waals surface area contributed by atoms with Gasteiger partial charge in [0.2, 0.25) is 6.29 Å². The molecular weight excluding hydrogens is 482 g/mol. The maximum absolute atomic E-state index is 12.6. The Labute approximate surface area is 239 Å². The average molecular weight is 539 g/mol. The molecule has 0 aromatic heterocycles. The third-order valence-corrected chi connectivity index (χ3v) is 7.37. The van der Waals surface area contributed by atoms with Crippen molar-refractivity contribution in [3.63, 3.8) is 0 Å². The normalized spacial score (nSPS) is 12.3. The van der Waals surface area contributed by atoms with Gasteiger partial charge in [-0.15, -0.1) is 0 Å². The molecule has 0 heterocycles. The zero-order chi connectivity index (χ0) is 28.2. The van der Waals surface area contributed by atoms with Gasteiger partial charge in [-0.1, -0.05) is 114 Å². The Morgan fingerprint density at radius 1 is 0.744 bits per heavy atom. The average Bonchev–Trinajstić information content (AvgIpc) is 2.90. The van der Waals surface area contributed by atoms with E-state index in [-0.39, 0.29) is 5.97 Å². The molecule has 4 heteroatoms. The third kappa shape index (κ3) is 15.8. The largest absolute Gasteiger partial charge is 0.455 e. The Bertz CT molecular complexity index is 896. The zero-order valence-electron chi connectivity index (χ0n) is 25.5. The van der Waals surface area contributed by atoms with Crippen molar-refractivity contribution in [3.05, 3.63) is 65.7 Å². The summed E-state index contributed by atoms with van der Waals surface area (Å²) in [4.78, 5) is 12.6. The second-order valence-electron chi connectivity index (χ2n) is 11.8. The number of unbranched alkanes of at least 4 members (excludes halogenated alkanes) is 9. The molecule has 2 aromatic carbocycles. The van der Waals surface area contributed by atoms with Crippen LogP contribution in [0.2, 0.25) is 0 Å². The van der Waals surface area contributed by atoms with Gasteiger partial charge in [-0.2, -0.15) is 0 Å². The predicted octanol–water partition coefficient (Wildman–Crippen LogP) is 9.26. The van der Waals surface area contributed by atoms with E-state index >= 15 is 0 Å². The van der Waals surface area contributed by atoms with Gasteiger partial charge in [-0.05, 0) is 37.0 Å². The van der Waals surface area contributed by atoms with Gasteiger partial charge < -0.3 is 14.0 Å². The fraction of sp³-hybridized carbons (Fsp3) is 0.629. The summed E-state index contributed by atoms with van der Waals surface area (Å²) in [5, 5.41) is 0. The molecule has 0 N–H and O–H groups in total. The number of aryl methyl sites for hydroxylation is 1. The first-order valence-electron chi connectivity index (χ1n) is 15.7. The predicted molar refractivity (Wildman–Crippen MR) is 164 cm³/mol. The molecule has 39 heavy (non-hydrogen) atoms. The highest BCUT2D eigenvalue weighted by Gasteiger charge is 2.19. The number of hydrogen-bond acceptors (Lipinski definition) is 3. The summed E-state index contributed by atoms with van der Waals surface area (Å²) >= 11 is 0. The summed E-state index contributed by atoms with van der Waals surface area (Å²) in [5.41, 5.74) is 2.61. The van der Waals surface area contributed by atoms with Crippen LogP contribution in [0.15, 0.2) is 54.6 Å². The maximum atomic E-state index is 12.6. The monoisotopic (exact) mass is 538 g/mol. The van der Waals surface area contributed by atoms with Crippen LogP contribution in [-0.4, -0.2) is 37.4 Å². The number of esters is 1. The molecule has 0 saturated carbocycles. The van der Waals surface area contributed by atoms with Gasteiger partial charge in [-0.25, -0.2) is 0 Å². The lowest BCUT2D eigenvalue weighted by Crippen LogP contribution is -2.39. The van der Waals surface area contributed by atoms with Crippen LogP contribution in [0.25, 0.3) is 0 Å². The highest BCUT2D eigenvalue weighted by atomic mass is 16.7. The summed E-state index contributed by atoms with van der Waals surface area (Å²) in [5.74, 6) is 0.626. The van der Waals surface area contributed by atoms with Gasteiger partial charge >= 0.3 is 5.97 Å². The molecule has 0 fully saturated rings. The first-order chi connectivity index (χ1) is 18.9. The quantitative estimate of drug-likeness (QED) is 0.0648. The molecule has 0 radical (unpaired) electrons. The summed E-state index contributed by atoms with van der Waals surface area (Å²) in [6.07, 6.45) is 16.9. The molecule has 218 valence electrons. The van der Waals surface area contributed by atoms with E-state index in [1.54, 1.807) is 0 Å². The molecule has 2 rings (SSSR count). The van der Waals surface area contributed by atoms with Crippen molar-refractivity contribution >= 4 is 5.97 Å². The fourth-order valence-electron chi connectivity index (χ4n) is 5.13. The van der Waals surface area contributed by atoms with Crippen molar-refractivity contribution in [2.24, 2.45) is 0 Å². The van der Waals surface area contributed by atoms with Gasteiger partial charge in [0.15, 0.2) is 0 Å². The van der Waals surface area contributed by atoms with Crippen molar-refractivity contribution in [2.45, 2.75) is 123 Å². The van der Waals surface area contributed by atoms with Gasteiger partial charge in [0.25, 0.3) is 0 Å². The van der Waals surface area contributed by atoms with Crippen LogP contribution in [0.1, 0.15) is 115 Å². The second kappa shape index (κ2) is 19.7. The van der Waals surface area contributed by atoms with Crippen LogP contribution in [0.5, 0.6) is 5.75 Å². The number of hydrogen-bond donors (Lipinski definition) is 0. The second-order valence-corrected chi connectivity index (χ2v) is 11.8. The minimum atomic E-state index is -0.526. The topological polar surface area (TPSA) is 35.5 Å². The molecule has 0 spiro atoms. The highest BCUT2D eigenvalue weighted by Crippen LogP contribution is 2.20. The van der Waals surface area contributed by atoms with Crippen LogP contribution in [-0.2, 0) is 22.5 Å². The third-order valence-electron chi connectivity index (χ3n) is 7.37. The Balaban J connectivity index is 1.68. The molecule has 0 bridgehead atoms. The molecule has 1 unspecified atom stereocenters. The Kier molecular flexibility index (Phi) is 16.6. The van der Waals surface area contributed by atoms with Gasteiger partial charge in [0, 0.05) is 18.4 Å². The molecule has 0 aliphatic rings. The first-order valence-corrected chi connectivity index (χ1v) is 15.7. The van der Waals surface area contributed by atoms with Crippen molar-refractivity contribution in [3.8, 4) is 5.75 Å². The molecule has 0 aliphatic carbocycles.